The maximum absolute atomic E-state index is 12.1. The highest BCUT2D eigenvalue weighted by Crippen LogP contribution is 2.36. The molecule has 0 saturated carbocycles. The van der Waals surface area contributed by atoms with Crippen LogP contribution in [-0.2, 0) is 24.4 Å². The summed E-state index contributed by atoms with van der Waals surface area (Å²) in [4.78, 5) is 23.9. The number of hydrogen-bond acceptors (Lipinski definition) is 15. The first kappa shape index (κ1) is 47.9. The lowest BCUT2D eigenvalue weighted by atomic mass is 10.2. The molecule has 0 saturated heterocycles. The Hall–Kier alpha value is -6.16. The Morgan fingerprint density at radius 1 is 0.587 bits per heavy atom. The molecule has 16 nitrogen and oxygen atoms in total. The van der Waals surface area contributed by atoms with Crippen LogP contribution in [0.3, 0.4) is 0 Å². The number of carboxylic acid groups (broad SMARTS) is 1. The highest BCUT2D eigenvalue weighted by atomic mass is 35.5. The Bertz CT molecular complexity index is 3200. The number of hydrogen-bond donors (Lipinski definition) is 1. The number of aromatic nitrogens is 8. The summed E-state index contributed by atoms with van der Waals surface area (Å²) in [7, 11) is -5.46. The number of benzene rings is 4. The van der Waals surface area contributed by atoms with E-state index in [4.69, 9.17) is 27.9 Å². The van der Waals surface area contributed by atoms with Gasteiger partial charge in [0.2, 0.25) is 0 Å². The van der Waals surface area contributed by atoms with Crippen LogP contribution in [0, 0.1) is 0 Å². The van der Waals surface area contributed by atoms with E-state index >= 15 is 0 Å². The number of carbonyl (C=O) groups excluding carboxylic acids is 1. The SMILES string of the molecule is C.C.COC(=O)c1cc(-c2nnc(-c3cccc(S(C)(=O)=O)c3)s2)n(-c2ccccc2Cl)n1.CS(=O)(=O)c1cccc(-c2nnc(-c3cc(C(=O)O)nn3-c3ccccc3Cl)s2)c1. The minimum absolute atomic E-state index is 0. The predicted molar refractivity (Wildman–Crippen MR) is 244 cm³/mol. The molecule has 0 radical (unpaired) electrons. The Morgan fingerprint density at radius 3 is 1.38 bits per heavy atom. The van der Waals surface area contributed by atoms with Crippen molar-refractivity contribution in [1.82, 2.24) is 40.0 Å². The van der Waals surface area contributed by atoms with Crippen LogP contribution in [0.1, 0.15) is 35.8 Å². The third-order valence-electron chi connectivity index (χ3n) is 8.50. The molecule has 0 fully saturated rings. The molecule has 0 atom stereocenters. The standard InChI is InChI=1S/C20H15ClN4O4S2.C19H13ClN4O4S2.2CH4/c1-29-20(26)15-11-17(25(24-15)16-9-4-3-8-14(16)21)19-23-22-18(30-19)12-6-5-7-13(10-12)31(2,27)28;1-30(27,28)12-6-4-5-11(9-12)17-21-22-18(29-17)16-10-14(19(25)26)23-24(16)15-8-3-2-7-13(15)20;;/h3-11H,1-2H3;2-10H,1H3,(H,25,26);2*1H4. The minimum Gasteiger partial charge on any atom is -0.476 e. The molecule has 63 heavy (non-hydrogen) atoms. The van der Waals surface area contributed by atoms with E-state index in [9.17, 15) is 31.5 Å². The summed E-state index contributed by atoms with van der Waals surface area (Å²) in [6, 6.07) is 29.8. The van der Waals surface area contributed by atoms with E-state index in [-0.39, 0.29) is 36.0 Å². The normalized spacial score (nSPS) is 11.1. The Kier molecular flexibility index (Phi) is 14.8. The Labute approximate surface area is 380 Å². The number of aromatic carboxylic acids is 1. The van der Waals surface area contributed by atoms with E-state index in [1.54, 1.807) is 84.9 Å². The number of methoxy groups -OCH3 is 1. The number of carboxylic acids is 1. The molecule has 326 valence electrons. The van der Waals surface area contributed by atoms with Crippen LogP contribution in [0.5, 0.6) is 0 Å². The molecule has 0 unspecified atom stereocenters. The van der Waals surface area contributed by atoms with Crippen molar-refractivity contribution < 1.29 is 36.3 Å². The average molecular weight is 968 g/mol. The van der Waals surface area contributed by atoms with Crippen molar-refractivity contribution in [3.63, 3.8) is 0 Å². The second-order valence-electron chi connectivity index (χ2n) is 12.8. The monoisotopic (exact) mass is 966 g/mol. The van der Waals surface area contributed by atoms with E-state index in [1.807, 2.05) is 0 Å². The van der Waals surface area contributed by atoms with Crippen molar-refractivity contribution >= 4 is 77.5 Å². The van der Waals surface area contributed by atoms with Gasteiger partial charge in [-0.15, -0.1) is 20.4 Å². The number of nitrogens with zero attached hydrogens (tertiary/aromatic N) is 8. The molecular formula is C41H36Cl2N8O8S4. The number of para-hydroxylation sites is 2. The lowest BCUT2D eigenvalue weighted by Gasteiger charge is -2.06. The molecule has 8 rings (SSSR count). The van der Waals surface area contributed by atoms with Crippen molar-refractivity contribution in [1.29, 1.82) is 0 Å². The second kappa shape index (κ2) is 19.5. The third kappa shape index (κ3) is 10.6. The molecule has 0 aliphatic carbocycles. The summed E-state index contributed by atoms with van der Waals surface area (Å²) >= 11 is 15.0. The van der Waals surface area contributed by atoms with Gasteiger partial charge < -0.3 is 9.84 Å². The maximum atomic E-state index is 12.1. The van der Waals surface area contributed by atoms with Gasteiger partial charge in [0.1, 0.15) is 21.4 Å². The van der Waals surface area contributed by atoms with E-state index in [2.05, 4.69) is 30.6 Å². The van der Waals surface area contributed by atoms with Crippen molar-refractivity contribution in [3.05, 3.63) is 131 Å². The zero-order chi connectivity index (χ0) is 43.6. The van der Waals surface area contributed by atoms with Crippen molar-refractivity contribution in [2.75, 3.05) is 19.6 Å². The second-order valence-corrected chi connectivity index (χ2v) is 19.6. The molecule has 1 N–H and O–H groups in total. The van der Waals surface area contributed by atoms with Gasteiger partial charge in [-0.1, -0.05) is 109 Å². The summed E-state index contributed by atoms with van der Waals surface area (Å²) in [6.07, 6.45) is 2.28. The molecule has 0 spiro atoms. The molecule has 22 heteroatoms. The fraction of sp³-hybridized carbons (Fsp3) is 0.122. The smallest absolute Gasteiger partial charge is 0.358 e. The molecule has 4 aromatic carbocycles. The van der Waals surface area contributed by atoms with Gasteiger partial charge in [-0.05, 0) is 48.5 Å². The largest absolute Gasteiger partial charge is 0.476 e. The lowest BCUT2D eigenvalue weighted by molar-refractivity contribution is 0.0592. The summed E-state index contributed by atoms with van der Waals surface area (Å²) in [5.41, 5.74) is 3.09. The first-order valence-corrected chi connectivity index (χ1v) is 23.5. The van der Waals surface area contributed by atoms with Gasteiger partial charge >= 0.3 is 11.9 Å². The van der Waals surface area contributed by atoms with Crippen LogP contribution < -0.4 is 0 Å². The van der Waals surface area contributed by atoms with E-state index < -0.39 is 31.6 Å². The van der Waals surface area contributed by atoms with Crippen molar-refractivity contribution in [2.45, 2.75) is 24.6 Å². The summed E-state index contributed by atoms with van der Waals surface area (Å²) in [5.74, 6) is -1.79. The number of esters is 1. The predicted octanol–water partition coefficient (Wildman–Crippen LogP) is 8.99. The Morgan fingerprint density at radius 2 is 0.984 bits per heavy atom. The molecule has 4 aromatic heterocycles. The van der Waals surface area contributed by atoms with Gasteiger partial charge in [-0.3, -0.25) is 0 Å². The molecule has 0 bridgehead atoms. The molecular weight excluding hydrogens is 932 g/mol. The highest BCUT2D eigenvalue weighted by Gasteiger charge is 2.23. The molecule has 0 aliphatic rings. The van der Waals surface area contributed by atoms with Gasteiger partial charge in [-0.2, -0.15) is 10.2 Å². The van der Waals surface area contributed by atoms with Crippen LogP contribution in [-0.4, -0.2) is 93.5 Å². The van der Waals surface area contributed by atoms with Crippen molar-refractivity contribution in [2.24, 2.45) is 0 Å². The topological polar surface area (TPSA) is 219 Å². The minimum atomic E-state index is -3.37. The summed E-state index contributed by atoms with van der Waals surface area (Å²) in [5, 5.41) is 37.3. The lowest BCUT2D eigenvalue weighted by Crippen LogP contribution is -2.04. The molecule has 0 aliphatic heterocycles. The van der Waals surface area contributed by atoms with E-state index in [0.717, 1.165) is 12.5 Å². The van der Waals surface area contributed by atoms with E-state index in [0.29, 0.717) is 64.0 Å². The quantitative estimate of drug-likeness (QED) is 0.127. The molecule has 0 amide bonds. The fourth-order valence-electron chi connectivity index (χ4n) is 5.60. The maximum Gasteiger partial charge on any atom is 0.358 e. The van der Waals surface area contributed by atoms with Crippen LogP contribution in [0.4, 0.5) is 0 Å². The summed E-state index contributed by atoms with van der Waals surface area (Å²) < 4.78 is 55.1. The van der Waals surface area contributed by atoms with Crippen LogP contribution in [0.25, 0.3) is 53.9 Å². The summed E-state index contributed by atoms with van der Waals surface area (Å²) in [6.45, 7) is 0. The molecule has 8 aromatic rings. The van der Waals surface area contributed by atoms with Crippen LogP contribution >= 0.6 is 45.9 Å². The highest BCUT2D eigenvalue weighted by molar-refractivity contribution is 7.91. The number of carbonyl (C=O) groups is 2. The van der Waals surface area contributed by atoms with Gasteiger partial charge in [0, 0.05) is 35.8 Å². The zero-order valence-electron chi connectivity index (χ0n) is 31.7. The third-order valence-corrected chi connectivity index (χ3v) is 13.3. The Balaban J connectivity index is 0.000000230. The molecule has 4 heterocycles. The first-order chi connectivity index (χ1) is 29.0. The van der Waals surface area contributed by atoms with Crippen LogP contribution in [0.15, 0.2) is 119 Å². The van der Waals surface area contributed by atoms with Gasteiger partial charge in [0.05, 0.1) is 38.3 Å². The number of ether oxygens (including phenoxy) is 1. The van der Waals surface area contributed by atoms with E-state index in [1.165, 1.54) is 63.4 Å². The fourth-order valence-corrected chi connectivity index (χ4v) is 9.04. The van der Waals surface area contributed by atoms with Gasteiger partial charge in [-0.25, -0.2) is 35.8 Å². The van der Waals surface area contributed by atoms with Gasteiger partial charge in [0.25, 0.3) is 0 Å². The van der Waals surface area contributed by atoms with Gasteiger partial charge in [0.15, 0.2) is 41.1 Å². The number of sulfone groups is 2. The van der Waals surface area contributed by atoms with Crippen LogP contribution in [0.2, 0.25) is 10.0 Å². The van der Waals surface area contributed by atoms with Crippen molar-refractivity contribution in [3.8, 4) is 53.9 Å². The number of halogens is 2. The first-order valence-electron chi connectivity index (χ1n) is 17.3. The average Bonchev–Trinajstić information content (AvgIpc) is 4.07. The zero-order valence-corrected chi connectivity index (χ0v) is 36.4. The number of rotatable bonds is 10.